The Morgan fingerprint density at radius 3 is 2.21 bits per heavy atom. The fourth-order valence-electron chi connectivity index (χ4n) is 10.5. The Hall–Kier alpha value is -5.72. The van der Waals surface area contributed by atoms with E-state index in [0.29, 0.717) is 5.92 Å². The third-order valence-electron chi connectivity index (χ3n) is 13.0. The average Bonchev–Trinajstić information content (AvgIpc) is 3.21. The summed E-state index contributed by atoms with van der Waals surface area (Å²) in [5, 5.41) is 17.9. The second kappa shape index (κ2) is 10.9. The van der Waals surface area contributed by atoms with E-state index in [9.17, 15) is 0 Å². The van der Waals surface area contributed by atoms with Crippen LogP contribution in [0.5, 0.6) is 0 Å². The smallest absolute Gasteiger partial charge is 0.00237 e. The molecule has 0 saturated heterocycles. The second-order valence-electron chi connectivity index (χ2n) is 15.7. The van der Waals surface area contributed by atoms with Crippen molar-refractivity contribution in [1.82, 2.24) is 0 Å². The molecule has 52 heavy (non-hydrogen) atoms. The zero-order valence-electron chi connectivity index (χ0n) is 29.3. The van der Waals surface area contributed by atoms with Crippen molar-refractivity contribution in [3.8, 4) is 11.1 Å². The van der Waals surface area contributed by atoms with Crippen LogP contribution in [-0.4, -0.2) is 0 Å². The van der Waals surface area contributed by atoms with Gasteiger partial charge in [-0.1, -0.05) is 115 Å². The molecule has 1 atom stereocenters. The number of allylic oxidation sites excluding steroid dienone is 3. The molecule has 4 aliphatic carbocycles. The summed E-state index contributed by atoms with van der Waals surface area (Å²) in [5.74, 6) is 0.675. The van der Waals surface area contributed by atoms with Gasteiger partial charge >= 0.3 is 0 Å². The summed E-state index contributed by atoms with van der Waals surface area (Å²) in [5.41, 5.74) is 11.4. The van der Waals surface area contributed by atoms with E-state index in [1.54, 1.807) is 5.57 Å². The van der Waals surface area contributed by atoms with Gasteiger partial charge in [-0.15, -0.1) is 0 Å². The molecule has 246 valence electrons. The van der Waals surface area contributed by atoms with E-state index >= 15 is 0 Å². The van der Waals surface area contributed by atoms with Crippen molar-refractivity contribution in [3.63, 3.8) is 0 Å². The Morgan fingerprint density at radius 2 is 1.25 bits per heavy atom. The van der Waals surface area contributed by atoms with Gasteiger partial charge in [-0.2, -0.15) is 0 Å². The highest BCUT2D eigenvalue weighted by atomic mass is 14.3. The Balaban J connectivity index is 1.10. The van der Waals surface area contributed by atoms with Gasteiger partial charge < -0.3 is 0 Å². The molecule has 4 aliphatic rings. The normalized spacial score (nSPS) is 17.6. The van der Waals surface area contributed by atoms with Crippen LogP contribution in [0.2, 0.25) is 0 Å². The van der Waals surface area contributed by atoms with Crippen molar-refractivity contribution < 1.29 is 0 Å². The first-order valence-corrected chi connectivity index (χ1v) is 19.4. The Labute approximate surface area is 303 Å². The maximum absolute atomic E-state index is 2.51. The Bertz CT molecular complexity index is 3150. The number of hydrogen-bond donors (Lipinski definition) is 0. The third-order valence-corrected chi connectivity index (χ3v) is 13.0. The van der Waals surface area contributed by atoms with Gasteiger partial charge in [-0.05, 0) is 189 Å². The molecule has 0 aromatic heterocycles. The molecule has 0 amide bonds. The summed E-state index contributed by atoms with van der Waals surface area (Å²) < 4.78 is 0. The van der Waals surface area contributed by atoms with Crippen molar-refractivity contribution in [1.29, 1.82) is 0 Å². The quantitative estimate of drug-likeness (QED) is 0.162. The van der Waals surface area contributed by atoms with Gasteiger partial charge in [-0.3, -0.25) is 0 Å². The fourth-order valence-corrected chi connectivity index (χ4v) is 10.5. The molecule has 0 nitrogen and oxygen atoms in total. The molecular weight excluding hydrogens is 625 g/mol. The highest BCUT2D eigenvalue weighted by Crippen LogP contribution is 2.42. The van der Waals surface area contributed by atoms with E-state index in [2.05, 4.69) is 140 Å². The molecule has 0 bridgehead atoms. The predicted octanol–water partition coefficient (Wildman–Crippen LogP) is 11.2. The molecule has 8 aromatic rings. The molecular formula is C52H38. The standard InChI is InChI=1S/C52H38/c1-3-11-39-31(7-1)15-17-37-29-49-35(27-47(37)39)9-5-13-41(49)43-23-19-33-22-26-46-44(24-20-34-21-25-45(43)51(33)52(34)46)42-14-6-10-36-28-48-38(30-50(36)42)18-16-32-8-2-4-12-40(32)48/h3-6,9-15,17-19,21-23,25-30,32H,1-2,7-8,16,20,24H2. The lowest BCUT2D eigenvalue weighted by atomic mass is 9.80. The summed E-state index contributed by atoms with van der Waals surface area (Å²) in [6, 6.07) is 42.8. The maximum atomic E-state index is 2.51. The maximum Gasteiger partial charge on any atom is -0.00237 e. The van der Waals surface area contributed by atoms with Gasteiger partial charge in [0.15, 0.2) is 0 Å². The van der Waals surface area contributed by atoms with E-state index in [-0.39, 0.29) is 0 Å². The van der Waals surface area contributed by atoms with Gasteiger partial charge in [0.2, 0.25) is 0 Å². The average molecular weight is 663 g/mol. The summed E-state index contributed by atoms with van der Waals surface area (Å²) in [6.07, 6.45) is 20.0. The third kappa shape index (κ3) is 4.10. The van der Waals surface area contributed by atoms with Gasteiger partial charge in [0, 0.05) is 0 Å². The van der Waals surface area contributed by atoms with Crippen molar-refractivity contribution in [2.24, 2.45) is 5.92 Å². The number of aryl methyl sites for hydroxylation is 2. The van der Waals surface area contributed by atoms with Crippen LogP contribution in [0.3, 0.4) is 0 Å². The second-order valence-corrected chi connectivity index (χ2v) is 15.7. The zero-order valence-corrected chi connectivity index (χ0v) is 29.3. The monoisotopic (exact) mass is 662 g/mol. The lowest BCUT2D eigenvalue weighted by Crippen LogP contribution is -2.33. The SMILES string of the molecule is C1=Cc2c(ccc3cc4c(-c5ccc6ccc7c8c(ccc5c68)CCC=7c5cccc6cc7c(cc56)=CCC5CCC=CC=75)cccc4cc23)CC1. The highest BCUT2D eigenvalue weighted by Gasteiger charge is 2.22. The molecule has 1 unspecified atom stereocenters. The topological polar surface area (TPSA) is 0 Å². The van der Waals surface area contributed by atoms with Crippen LogP contribution in [0.4, 0.5) is 0 Å². The Morgan fingerprint density at radius 1 is 0.481 bits per heavy atom. The highest BCUT2D eigenvalue weighted by molar-refractivity contribution is 6.19. The van der Waals surface area contributed by atoms with Gasteiger partial charge in [0.1, 0.15) is 0 Å². The molecule has 0 aliphatic heterocycles. The Kier molecular flexibility index (Phi) is 6.06. The summed E-state index contributed by atoms with van der Waals surface area (Å²) in [7, 11) is 0. The number of rotatable bonds is 2. The van der Waals surface area contributed by atoms with Crippen LogP contribution in [-0.2, 0) is 12.8 Å². The van der Waals surface area contributed by atoms with E-state index in [1.807, 2.05) is 0 Å². The first kappa shape index (κ1) is 28.9. The molecule has 0 heterocycles. The van der Waals surface area contributed by atoms with Crippen LogP contribution in [0.15, 0.2) is 127 Å². The van der Waals surface area contributed by atoms with Crippen LogP contribution >= 0.6 is 0 Å². The van der Waals surface area contributed by atoms with E-state index in [4.69, 9.17) is 0 Å². The van der Waals surface area contributed by atoms with Crippen LogP contribution in [0.1, 0.15) is 54.4 Å². The molecule has 0 spiro atoms. The summed E-state index contributed by atoms with van der Waals surface area (Å²) in [4.78, 5) is 0. The molecule has 0 N–H and O–H groups in total. The molecule has 12 rings (SSSR count). The van der Waals surface area contributed by atoms with Crippen LogP contribution in [0, 0.1) is 5.92 Å². The number of benzene rings is 8. The van der Waals surface area contributed by atoms with Crippen molar-refractivity contribution >= 4 is 77.2 Å². The molecule has 0 heteroatoms. The van der Waals surface area contributed by atoms with Gasteiger partial charge in [-0.25, -0.2) is 0 Å². The minimum atomic E-state index is 0.675. The lowest BCUT2D eigenvalue weighted by molar-refractivity contribution is 0.619. The number of fused-ring (bicyclic) bond motifs is 7. The molecule has 0 radical (unpaired) electrons. The van der Waals surface area contributed by atoms with Gasteiger partial charge in [0.05, 0.1) is 0 Å². The summed E-state index contributed by atoms with van der Waals surface area (Å²) >= 11 is 0. The van der Waals surface area contributed by atoms with Crippen molar-refractivity contribution in [2.45, 2.75) is 44.9 Å². The van der Waals surface area contributed by atoms with E-state index in [0.717, 1.165) is 32.1 Å². The lowest BCUT2D eigenvalue weighted by Gasteiger charge is -2.24. The van der Waals surface area contributed by atoms with Crippen LogP contribution in [0.25, 0.3) is 88.3 Å². The largest absolute Gasteiger partial charge is 0.0842 e. The number of hydrogen-bond acceptors (Lipinski definition) is 0. The predicted molar refractivity (Wildman–Crippen MR) is 223 cm³/mol. The first-order chi connectivity index (χ1) is 25.8. The molecule has 0 fully saturated rings. The van der Waals surface area contributed by atoms with Crippen molar-refractivity contribution in [2.75, 3.05) is 0 Å². The molecule has 8 aromatic carbocycles. The summed E-state index contributed by atoms with van der Waals surface area (Å²) in [6.45, 7) is 0. The van der Waals surface area contributed by atoms with E-state index in [1.165, 1.54) is 121 Å². The van der Waals surface area contributed by atoms with Crippen LogP contribution < -0.4 is 15.7 Å². The van der Waals surface area contributed by atoms with Gasteiger partial charge in [0.25, 0.3) is 0 Å². The minimum Gasteiger partial charge on any atom is -0.0842 e. The van der Waals surface area contributed by atoms with Crippen molar-refractivity contribution in [3.05, 3.63) is 165 Å². The fraction of sp³-hybridized carbons (Fsp3) is 0.154. The minimum absolute atomic E-state index is 0.675. The zero-order chi connectivity index (χ0) is 33.9. The van der Waals surface area contributed by atoms with E-state index < -0.39 is 0 Å². The molecule has 0 saturated carbocycles. The first-order valence-electron chi connectivity index (χ1n) is 19.4.